The van der Waals surface area contributed by atoms with Gasteiger partial charge < -0.3 is 5.73 Å². The molecule has 2 aromatic rings. The van der Waals surface area contributed by atoms with Gasteiger partial charge in [0, 0.05) is 17.3 Å². The average Bonchev–Trinajstić information content (AvgIpc) is 2.55. The summed E-state index contributed by atoms with van der Waals surface area (Å²) >= 11 is 7.36. The molecule has 0 saturated heterocycles. The van der Waals surface area contributed by atoms with E-state index in [-0.39, 0.29) is 0 Å². The Morgan fingerprint density at radius 2 is 2.06 bits per heavy atom. The molecule has 0 aliphatic heterocycles. The lowest BCUT2D eigenvalue weighted by Crippen LogP contribution is -2.11. The third kappa shape index (κ3) is 1.81. The highest BCUT2D eigenvalue weighted by Crippen LogP contribution is 2.38. The van der Waals surface area contributed by atoms with Gasteiger partial charge in [0.2, 0.25) is 0 Å². The number of carbonyl (C=O) groups excluding carboxylic acids is 1. The molecule has 0 fully saturated rings. The van der Waals surface area contributed by atoms with E-state index >= 15 is 0 Å². The number of aromatic nitrogens is 1. The van der Waals surface area contributed by atoms with Gasteiger partial charge in [0.15, 0.2) is 0 Å². The van der Waals surface area contributed by atoms with Crippen LogP contribution in [0.2, 0.25) is 4.34 Å². The molecule has 0 aromatic carbocycles. The first kappa shape index (κ1) is 11.1. The van der Waals surface area contributed by atoms with Crippen molar-refractivity contribution in [2.45, 2.75) is 6.92 Å². The van der Waals surface area contributed by atoms with E-state index in [1.54, 1.807) is 12.4 Å². The smallest absolute Gasteiger partial charge is 0.251 e. The first-order valence-corrected chi connectivity index (χ1v) is 5.79. The predicted octanol–water partition coefficient (Wildman–Crippen LogP) is 2.87. The quantitative estimate of drug-likeness (QED) is 0.894. The normalized spacial score (nSPS) is 10.4. The van der Waals surface area contributed by atoms with Crippen LogP contribution >= 0.6 is 22.9 Å². The van der Waals surface area contributed by atoms with Gasteiger partial charge in [-0.25, -0.2) is 0 Å². The number of thiophene rings is 1. The zero-order valence-corrected chi connectivity index (χ0v) is 10.1. The van der Waals surface area contributed by atoms with Crippen molar-refractivity contribution in [2.75, 3.05) is 0 Å². The van der Waals surface area contributed by atoms with Crippen LogP contribution in [0.4, 0.5) is 0 Å². The first-order chi connectivity index (χ1) is 7.61. The molecule has 0 unspecified atom stereocenters. The average molecular weight is 253 g/mol. The van der Waals surface area contributed by atoms with Gasteiger partial charge in [0.1, 0.15) is 4.34 Å². The van der Waals surface area contributed by atoms with Crippen LogP contribution in [0, 0.1) is 6.92 Å². The molecule has 82 valence electrons. The number of nitrogens with zero attached hydrogens (tertiary/aromatic N) is 1. The maximum atomic E-state index is 11.2. The van der Waals surface area contributed by atoms with Crippen molar-refractivity contribution in [1.29, 1.82) is 0 Å². The molecule has 0 saturated carbocycles. The SMILES string of the molecule is Cc1c(-c2ccncc2)sc(Cl)c1C(N)=O. The number of hydrogen-bond acceptors (Lipinski definition) is 3. The van der Waals surface area contributed by atoms with E-state index in [1.165, 1.54) is 11.3 Å². The van der Waals surface area contributed by atoms with Crippen LogP contribution in [0.3, 0.4) is 0 Å². The van der Waals surface area contributed by atoms with Crippen molar-refractivity contribution >= 4 is 28.8 Å². The first-order valence-electron chi connectivity index (χ1n) is 4.60. The second kappa shape index (κ2) is 4.23. The molecule has 16 heavy (non-hydrogen) atoms. The van der Waals surface area contributed by atoms with Crippen molar-refractivity contribution < 1.29 is 4.79 Å². The summed E-state index contributed by atoms with van der Waals surface area (Å²) in [7, 11) is 0. The van der Waals surface area contributed by atoms with Crippen LogP contribution in [-0.2, 0) is 0 Å². The van der Waals surface area contributed by atoms with Crippen LogP contribution in [0.1, 0.15) is 15.9 Å². The second-order valence-corrected chi connectivity index (χ2v) is 4.93. The monoisotopic (exact) mass is 252 g/mol. The van der Waals surface area contributed by atoms with Gasteiger partial charge in [0.05, 0.1) is 5.56 Å². The third-order valence-corrected chi connectivity index (χ3v) is 3.84. The summed E-state index contributed by atoms with van der Waals surface area (Å²) in [5.41, 5.74) is 7.51. The van der Waals surface area contributed by atoms with E-state index < -0.39 is 5.91 Å². The standard InChI is InChI=1S/C11H9ClN2OS/c1-6-8(11(13)15)10(12)16-9(6)7-2-4-14-5-3-7/h2-5H,1H3,(H2,13,15). The molecule has 0 aliphatic rings. The molecule has 5 heteroatoms. The number of nitrogens with two attached hydrogens (primary N) is 1. The molecule has 2 N–H and O–H groups in total. The lowest BCUT2D eigenvalue weighted by Gasteiger charge is -1.99. The fraction of sp³-hybridized carbons (Fsp3) is 0.0909. The minimum absolute atomic E-state index is 0.415. The minimum atomic E-state index is -0.487. The van der Waals surface area contributed by atoms with Gasteiger partial charge >= 0.3 is 0 Å². The van der Waals surface area contributed by atoms with Crippen molar-refractivity contribution in [3.8, 4) is 10.4 Å². The summed E-state index contributed by atoms with van der Waals surface area (Å²) < 4.78 is 0.441. The predicted molar refractivity (Wildman–Crippen MR) is 65.8 cm³/mol. The van der Waals surface area contributed by atoms with E-state index in [4.69, 9.17) is 17.3 Å². The molecular weight excluding hydrogens is 244 g/mol. The van der Waals surface area contributed by atoms with Crippen molar-refractivity contribution in [3.05, 3.63) is 40.0 Å². The Morgan fingerprint density at radius 1 is 1.44 bits per heavy atom. The van der Waals surface area contributed by atoms with Gasteiger partial charge in [0.25, 0.3) is 5.91 Å². The Kier molecular flexibility index (Phi) is 2.94. The number of halogens is 1. The summed E-state index contributed by atoms with van der Waals surface area (Å²) in [4.78, 5) is 16.1. The van der Waals surface area contributed by atoms with E-state index in [0.717, 1.165) is 16.0 Å². The molecule has 0 spiro atoms. The summed E-state index contributed by atoms with van der Waals surface area (Å²) in [6.45, 7) is 1.85. The van der Waals surface area contributed by atoms with Crippen molar-refractivity contribution in [3.63, 3.8) is 0 Å². The fourth-order valence-corrected chi connectivity index (χ4v) is 3.05. The Morgan fingerprint density at radius 3 is 2.56 bits per heavy atom. The lowest BCUT2D eigenvalue weighted by atomic mass is 10.1. The Balaban J connectivity index is 2.61. The second-order valence-electron chi connectivity index (χ2n) is 3.31. The number of amides is 1. The zero-order valence-electron chi connectivity index (χ0n) is 8.53. The number of pyridine rings is 1. The number of primary amides is 1. The molecule has 0 atom stereocenters. The lowest BCUT2D eigenvalue weighted by molar-refractivity contribution is 0.100. The van der Waals surface area contributed by atoms with E-state index in [0.29, 0.717) is 9.90 Å². The number of hydrogen-bond donors (Lipinski definition) is 1. The van der Waals surface area contributed by atoms with E-state index in [9.17, 15) is 4.79 Å². The Hall–Kier alpha value is -1.39. The van der Waals surface area contributed by atoms with Gasteiger partial charge in [-0.05, 0) is 30.2 Å². The molecule has 0 radical (unpaired) electrons. The molecule has 1 amide bonds. The van der Waals surface area contributed by atoms with Crippen LogP contribution in [-0.4, -0.2) is 10.9 Å². The molecule has 0 bridgehead atoms. The summed E-state index contributed by atoms with van der Waals surface area (Å²) in [6.07, 6.45) is 3.40. The molecule has 2 aromatic heterocycles. The van der Waals surface area contributed by atoms with Crippen LogP contribution < -0.4 is 5.73 Å². The third-order valence-electron chi connectivity index (χ3n) is 2.29. The molecule has 0 aliphatic carbocycles. The summed E-state index contributed by atoms with van der Waals surface area (Å²) in [6, 6.07) is 3.75. The van der Waals surface area contributed by atoms with E-state index in [1.807, 2.05) is 19.1 Å². The summed E-state index contributed by atoms with van der Waals surface area (Å²) in [5.74, 6) is -0.487. The topological polar surface area (TPSA) is 56.0 Å². The van der Waals surface area contributed by atoms with Crippen LogP contribution in [0.15, 0.2) is 24.5 Å². The minimum Gasteiger partial charge on any atom is -0.366 e. The van der Waals surface area contributed by atoms with Crippen LogP contribution in [0.25, 0.3) is 10.4 Å². The molecule has 2 heterocycles. The van der Waals surface area contributed by atoms with Crippen LogP contribution in [0.5, 0.6) is 0 Å². The number of rotatable bonds is 2. The van der Waals surface area contributed by atoms with E-state index in [2.05, 4.69) is 4.98 Å². The van der Waals surface area contributed by atoms with Gasteiger partial charge in [-0.15, -0.1) is 11.3 Å². The highest BCUT2D eigenvalue weighted by Gasteiger charge is 2.18. The van der Waals surface area contributed by atoms with Gasteiger partial charge in [-0.2, -0.15) is 0 Å². The molecular formula is C11H9ClN2OS. The largest absolute Gasteiger partial charge is 0.366 e. The van der Waals surface area contributed by atoms with Gasteiger partial charge in [-0.3, -0.25) is 9.78 Å². The number of carbonyl (C=O) groups is 1. The Bertz CT molecular complexity index is 536. The highest BCUT2D eigenvalue weighted by molar-refractivity contribution is 7.20. The maximum absolute atomic E-state index is 11.2. The van der Waals surface area contributed by atoms with Gasteiger partial charge in [-0.1, -0.05) is 11.6 Å². The van der Waals surface area contributed by atoms with Crippen molar-refractivity contribution in [2.24, 2.45) is 5.73 Å². The fourth-order valence-electron chi connectivity index (χ4n) is 1.54. The Labute approximate surface area is 102 Å². The molecule has 2 rings (SSSR count). The zero-order chi connectivity index (χ0) is 11.7. The molecule has 3 nitrogen and oxygen atoms in total. The summed E-state index contributed by atoms with van der Waals surface area (Å²) in [5, 5.41) is 0. The van der Waals surface area contributed by atoms with Crippen molar-refractivity contribution in [1.82, 2.24) is 4.98 Å². The highest BCUT2D eigenvalue weighted by atomic mass is 35.5. The maximum Gasteiger partial charge on any atom is 0.251 e.